The second-order valence-electron chi connectivity index (χ2n) is 4.17. The minimum absolute atomic E-state index is 0.251. The normalized spacial score (nSPS) is 12.0. The van der Waals surface area contributed by atoms with Gasteiger partial charge in [-0.25, -0.2) is 4.98 Å². The van der Waals surface area contributed by atoms with Crippen molar-refractivity contribution in [3.8, 4) is 22.9 Å². The molecule has 1 aromatic heterocycles. The summed E-state index contributed by atoms with van der Waals surface area (Å²) < 4.78 is 10.4. The fourth-order valence-electron chi connectivity index (χ4n) is 1.68. The Morgan fingerprint density at radius 2 is 1.89 bits per heavy atom. The number of ether oxygens (including phenoxy) is 2. The first-order valence-corrected chi connectivity index (χ1v) is 5.97. The lowest BCUT2D eigenvalue weighted by Gasteiger charge is -2.10. The fourth-order valence-corrected chi connectivity index (χ4v) is 1.68. The molecular weight excluding hydrogens is 242 g/mol. The van der Waals surface area contributed by atoms with Gasteiger partial charge in [0.1, 0.15) is 11.6 Å². The van der Waals surface area contributed by atoms with Crippen LogP contribution in [-0.4, -0.2) is 24.2 Å². The molecule has 2 N–H and O–H groups in total. The van der Waals surface area contributed by atoms with Gasteiger partial charge in [-0.2, -0.15) is 4.98 Å². The molecule has 0 saturated carbocycles. The monoisotopic (exact) mass is 259 g/mol. The Kier molecular flexibility index (Phi) is 3.97. The number of nitrogens with zero attached hydrogens (tertiary/aromatic N) is 2. The quantitative estimate of drug-likeness (QED) is 0.911. The van der Waals surface area contributed by atoms with E-state index >= 15 is 0 Å². The van der Waals surface area contributed by atoms with E-state index in [0.29, 0.717) is 11.7 Å². The number of aromatic nitrogens is 2. The molecule has 1 unspecified atom stereocenters. The molecule has 0 saturated heterocycles. The van der Waals surface area contributed by atoms with Crippen molar-refractivity contribution in [3.05, 3.63) is 36.2 Å². The third-order valence-electron chi connectivity index (χ3n) is 2.70. The van der Waals surface area contributed by atoms with Gasteiger partial charge in [-0.1, -0.05) is 12.1 Å². The SMILES string of the molecule is COc1cccc(-c2cc(OC)nc(C(C)N)n2)c1. The zero-order valence-corrected chi connectivity index (χ0v) is 11.3. The Morgan fingerprint density at radius 1 is 1.11 bits per heavy atom. The summed E-state index contributed by atoms with van der Waals surface area (Å²) in [5.41, 5.74) is 7.53. The zero-order chi connectivity index (χ0) is 13.8. The molecule has 0 aliphatic carbocycles. The van der Waals surface area contributed by atoms with Crippen LogP contribution in [0.5, 0.6) is 11.6 Å². The molecule has 5 nitrogen and oxygen atoms in total. The number of hydrogen-bond acceptors (Lipinski definition) is 5. The Bertz CT molecular complexity index is 570. The van der Waals surface area contributed by atoms with Crippen LogP contribution < -0.4 is 15.2 Å². The highest BCUT2D eigenvalue weighted by molar-refractivity contribution is 5.62. The van der Waals surface area contributed by atoms with Gasteiger partial charge in [-0.05, 0) is 19.1 Å². The van der Waals surface area contributed by atoms with Gasteiger partial charge in [0, 0.05) is 11.6 Å². The highest BCUT2D eigenvalue weighted by Gasteiger charge is 2.10. The second-order valence-corrected chi connectivity index (χ2v) is 4.17. The van der Waals surface area contributed by atoms with E-state index in [4.69, 9.17) is 15.2 Å². The van der Waals surface area contributed by atoms with Crippen LogP contribution in [0, 0.1) is 0 Å². The summed E-state index contributed by atoms with van der Waals surface area (Å²) in [6.45, 7) is 1.84. The summed E-state index contributed by atoms with van der Waals surface area (Å²) in [5, 5.41) is 0. The van der Waals surface area contributed by atoms with Crippen molar-refractivity contribution in [2.45, 2.75) is 13.0 Å². The molecule has 0 aliphatic rings. The highest BCUT2D eigenvalue weighted by atomic mass is 16.5. The molecule has 0 aliphatic heterocycles. The number of benzene rings is 1. The topological polar surface area (TPSA) is 70.3 Å². The van der Waals surface area contributed by atoms with Crippen LogP contribution in [0.3, 0.4) is 0 Å². The lowest BCUT2D eigenvalue weighted by molar-refractivity contribution is 0.393. The van der Waals surface area contributed by atoms with Crippen LogP contribution in [0.2, 0.25) is 0 Å². The van der Waals surface area contributed by atoms with Gasteiger partial charge >= 0.3 is 0 Å². The summed E-state index contributed by atoms with van der Waals surface area (Å²) >= 11 is 0. The minimum Gasteiger partial charge on any atom is -0.497 e. The van der Waals surface area contributed by atoms with E-state index in [1.165, 1.54) is 0 Å². The maximum atomic E-state index is 5.84. The summed E-state index contributed by atoms with van der Waals surface area (Å²) in [6, 6.07) is 9.19. The van der Waals surface area contributed by atoms with Crippen molar-refractivity contribution in [1.82, 2.24) is 9.97 Å². The summed E-state index contributed by atoms with van der Waals surface area (Å²) in [7, 11) is 3.20. The van der Waals surface area contributed by atoms with Crippen LogP contribution >= 0.6 is 0 Å². The molecule has 1 heterocycles. The number of hydrogen-bond donors (Lipinski definition) is 1. The molecule has 0 amide bonds. The molecule has 0 bridgehead atoms. The summed E-state index contributed by atoms with van der Waals surface area (Å²) in [6.07, 6.45) is 0. The Morgan fingerprint density at radius 3 is 2.53 bits per heavy atom. The van der Waals surface area contributed by atoms with Gasteiger partial charge in [0.2, 0.25) is 5.88 Å². The smallest absolute Gasteiger partial charge is 0.216 e. The lowest BCUT2D eigenvalue weighted by Crippen LogP contribution is -2.11. The molecule has 19 heavy (non-hydrogen) atoms. The van der Waals surface area contributed by atoms with E-state index in [-0.39, 0.29) is 6.04 Å². The van der Waals surface area contributed by atoms with E-state index in [0.717, 1.165) is 17.0 Å². The number of rotatable bonds is 4. The lowest BCUT2D eigenvalue weighted by atomic mass is 10.1. The van der Waals surface area contributed by atoms with Crippen LogP contribution in [0.25, 0.3) is 11.3 Å². The third kappa shape index (κ3) is 3.00. The molecule has 5 heteroatoms. The van der Waals surface area contributed by atoms with E-state index in [1.54, 1.807) is 20.3 Å². The average molecular weight is 259 g/mol. The Balaban J connectivity index is 2.50. The van der Waals surface area contributed by atoms with Gasteiger partial charge in [-0.3, -0.25) is 0 Å². The van der Waals surface area contributed by atoms with Crippen molar-refractivity contribution < 1.29 is 9.47 Å². The molecule has 1 atom stereocenters. The van der Waals surface area contributed by atoms with E-state index in [1.807, 2.05) is 31.2 Å². The van der Waals surface area contributed by atoms with Crippen LogP contribution in [-0.2, 0) is 0 Å². The molecule has 0 radical (unpaired) electrons. The molecule has 2 rings (SSSR count). The molecular formula is C14H17N3O2. The van der Waals surface area contributed by atoms with E-state index in [2.05, 4.69) is 9.97 Å². The van der Waals surface area contributed by atoms with Crippen molar-refractivity contribution in [3.63, 3.8) is 0 Å². The van der Waals surface area contributed by atoms with E-state index < -0.39 is 0 Å². The molecule has 0 spiro atoms. The molecule has 2 aromatic rings. The Labute approximate surface area is 112 Å². The Hall–Kier alpha value is -2.14. The molecule has 0 fully saturated rings. The van der Waals surface area contributed by atoms with Crippen molar-refractivity contribution >= 4 is 0 Å². The van der Waals surface area contributed by atoms with Crippen LogP contribution in [0.4, 0.5) is 0 Å². The van der Waals surface area contributed by atoms with Crippen LogP contribution in [0.1, 0.15) is 18.8 Å². The zero-order valence-electron chi connectivity index (χ0n) is 11.3. The standard InChI is InChI=1S/C14H17N3O2/c1-9(15)14-16-12(8-13(17-14)19-3)10-5-4-6-11(7-10)18-2/h4-9H,15H2,1-3H3. The van der Waals surface area contributed by atoms with Crippen molar-refractivity contribution in [1.29, 1.82) is 0 Å². The maximum Gasteiger partial charge on any atom is 0.216 e. The van der Waals surface area contributed by atoms with Gasteiger partial charge in [0.15, 0.2) is 0 Å². The first-order chi connectivity index (χ1) is 9.13. The van der Waals surface area contributed by atoms with Crippen molar-refractivity contribution in [2.75, 3.05) is 14.2 Å². The van der Waals surface area contributed by atoms with Gasteiger partial charge in [0.25, 0.3) is 0 Å². The van der Waals surface area contributed by atoms with Crippen molar-refractivity contribution in [2.24, 2.45) is 5.73 Å². The summed E-state index contributed by atoms with van der Waals surface area (Å²) in [5.74, 6) is 1.83. The molecule has 1 aromatic carbocycles. The van der Waals surface area contributed by atoms with Crippen LogP contribution in [0.15, 0.2) is 30.3 Å². The maximum absolute atomic E-state index is 5.84. The van der Waals surface area contributed by atoms with E-state index in [9.17, 15) is 0 Å². The second kappa shape index (κ2) is 5.67. The first-order valence-electron chi connectivity index (χ1n) is 5.97. The minimum atomic E-state index is -0.251. The third-order valence-corrected chi connectivity index (χ3v) is 2.70. The predicted octanol–water partition coefficient (Wildman–Crippen LogP) is 2.18. The highest BCUT2D eigenvalue weighted by Crippen LogP contribution is 2.25. The number of methoxy groups -OCH3 is 2. The predicted molar refractivity (Wildman–Crippen MR) is 73.2 cm³/mol. The van der Waals surface area contributed by atoms with Gasteiger partial charge in [0.05, 0.1) is 26.0 Å². The van der Waals surface area contributed by atoms with Gasteiger partial charge in [-0.15, -0.1) is 0 Å². The first kappa shape index (κ1) is 13.3. The number of nitrogens with two attached hydrogens (primary N) is 1. The fraction of sp³-hybridized carbons (Fsp3) is 0.286. The largest absolute Gasteiger partial charge is 0.497 e. The summed E-state index contributed by atoms with van der Waals surface area (Å²) in [4.78, 5) is 8.68. The average Bonchev–Trinajstić information content (AvgIpc) is 2.46. The van der Waals surface area contributed by atoms with Gasteiger partial charge < -0.3 is 15.2 Å². The molecule has 100 valence electrons.